The van der Waals surface area contributed by atoms with Gasteiger partial charge >= 0.3 is 0 Å². The standard InChI is InChI=1S/C8H9NOS/c9-4-6-1-2-7-8(3-6)11-5-10-7/h1-3H,4-5,9H2. The Balaban J connectivity index is 2.41. The third kappa shape index (κ3) is 1.21. The van der Waals surface area contributed by atoms with Crippen LogP contribution in [0, 0.1) is 0 Å². The molecule has 0 radical (unpaired) electrons. The molecule has 11 heavy (non-hydrogen) atoms. The Morgan fingerprint density at radius 2 is 2.45 bits per heavy atom. The van der Waals surface area contributed by atoms with Crippen LogP contribution in [-0.4, -0.2) is 5.94 Å². The molecule has 1 aliphatic heterocycles. The second-order valence-electron chi connectivity index (χ2n) is 2.39. The molecule has 0 amide bonds. The van der Waals surface area contributed by atoms with E-state index < -0.39 is 0 Å². The molecule has 2 N–H and O–H groups in total. The maximum atomic E-state index is 5.49. The molecule has 58 valence electrons. The van der Waals surface area contributed by atoms with E-state index in [9.17, 15) is 0 Å². The molecule has 3 heteroatoms. The molecule has 2 rings (SSSR count). The van der Waals surface area contributed by atoms with E-state index in [4.69, 9.17) is 10.5 Å². The zero-order valence-electron chi connectivity index (χ0n) is 6.04. The van der Waals surface area contributed by atoms with Gasteiger partial charge in [0.2, 0.25) is 0 Å². The number of benzene rings is 1. The summed E-state index contributed by atoms with van der Waals surface area (Å²) >= 11 is 1.72. The van der Waals surface area contributed by atoms with Crippen LogP contribution >= 0.6 is 11.8 Å². The summed E-state index contributed by atoms with van der Waals surface area (Å²) in [4.78, 5) is 1.22. The van der Waals surface area contributed by atoms with Crippen LogP contribution in [0.25, 0.3) is 0 Å². The first kappa shape index (κ1) is 7.00. The summed E-state index contributed by atoms with van der Waals surface area (Å²) in [6.45, 7) is 0.605. The number of hydrogen-bond donors (Lipinski definition) is 1. The molecule has 1 aliphatic rings. The van der Waals surface area contributed by atoms with Crippen LogP contribution in [0.3, 0.4) is 0 Å². The molecule has 0 spiro atoms. The molecule has 1 aromatic carbocycles. The van der Waals surface area contributed by atoms with Crippen LogP contribution in [-0.2, 0) is 6.54 Å². The highest BCUT2D eigenvalue weighted by atomic mass is 32.2. The van der Waals surface area contributed by atoms with E-state index in [1.165, 1.54) is 10.5 Å². The predicted octanol–water partition coefficient (Wildman–Crippen LogP) is 1.59. The minimum Gasteiger partial charge on any atom is -0.481 e. The molecule has 0 saturated carbocycles. The Morgan fingerprint density at radius 1 is 1.55 bits per heavy atom. The van der Waals surface area contributed by atoms with Gasteiger partial charge in [-0.2, -0.15) is 0 Å². The van der Waals surface area contributed by atoms with Gasteiger partial charge in [0.05, 0.1) is 4.90 Å². The molecule has 0 aliphatic carbocycles. The quantitative estimate of drug-likeness (QED) is 0.689. The van der Waals surface area contributed by atoms with E-state index in [0.29, 0.717) is 6.54 Å². The summed E-state index contributed by atoms with van der Waals surface area (Å²) in [5.41, 5.74) is 6.66. The van der Waals surface area contributed by atoms with E-state index in [2.05, 4.69) is 6.07 Å². The fraction of sp³-hybridized carbons (Fsp3) is 0.250. The van der Waals surface area contributed by atoms with E-state index in [1.54, 1.807) is 11.8 Å². The van der Waals surface area contributed by atoms with Crippen molar-refractivity contribution in [1.82, 2.24) is 0 Å². The Bertz CT molecular complexity index is 275. The van der Waals surface area contributed by atoms with Crippen molar-refractivity contribution in [2.75, 3.05) is 5.94 Å². The first-order valence-corrected chi connectivity index (χ1v) is 4.47. The Kier molecular flexibility index (Phi) is 1.75. The van der Waals surface area contributed by atoms with Crippen molar-refractivity contribution in [2.45, 2.75) is 11.4 Å². The number of fused-ring (bicyclic) bond motifs is 1. The Labute approximate surface area is 69.7 Å². The maximum absolute atomic E-state index is 5.49. The van der Waals surface area contributed by atoms with Crippen molar-refractivity contribution < 1.29 is 4.74 Å². The molecule has 0 saturated heterocycles. The monoisotopic (exact) mass is 167 g/mol. The van der Waals surface area contributed by atoms with Crippen LogP contribution in [0.2, 0.25) is 0 Å². The fourth-order valence-corrected chi connectivity index (χ4v) is 1.88. The molecule has 0 bridgehead atoms. The lowest BCUT2D eigenvalue weighted by molar-refractivity contribution is 0.397. The van der Waals surface area contributed by atoms with Gasteiger partial charge in [0.15, 0.2) is 0 Å². The first-order chi connectivity index (χ1) is 5.40. The largest absolute Gasteiger partial charge is 0.481 e. The average molecular weight is 167 g/mol. The Morgan fingerprint density at radius 3 is 3.27 bits per heavy atom. The lowest BCUT2D eigenvalue weighted by atomic mass is 10.2. The van der Waals surface area contributed by atoms with Crippen molar-refractivity contribution in [2.24, 2.45) is 5.73 Å². The fourth-order valence-electron chi connectivity index (χ4n) is 1.07. The molecule has 1 aromatic rings. The molecule has 0 unspecified atom stereocenters. The maximum Gasteiger partial charge on any atom is 0.138 e. The van der Waals surface area contributed by atoms with Gasteiger partial charge in [-0.1, -0.05) is 17.8 Å². The van der Waals surface area contributed by atoms with E-state index in [0.717, 1.165) is 11.7 Å². The molecule has 0 aromatic heterocycles. The average Bonchev–Trinajstić information content (AvgIpc) is 2.50. The molecular weight excluding hydrogens is 158 g/mol. The number of rotatable bonds is 1. The van der Waals surface area contributed by atoms with Gasteiger partial charge in [0, 0.05) is 6.54 Å². The smallest absolute Gasteiger partial charge is 0.138 e. The van der Waals surface area contributed by atoms with Crippen LogP contribution in [0.1, 0.15) is 5.56 Å². The lowest BCUT2D eigenvalue weighted by Crippen LogP contribution is -1.95. The summed E-state index contributed by atoms with van der Waals surface area (Å²) in [6, 6.07) is 6.08. The second-order valence-corrected chi connectivity index (χ2v) is 3.36. The summed E-state index contributed by atoms with van der Waals surface area (Å²) < 4.78 is 5.32. The van der Waals surface area contributed by atoms with Crippen molar-refractivity contribution in [3.63, 3.8) is 0 Å². The van der Waals surface area contributed by atoms with Gasteiger partial charge in [0.25, 0.3) is 0 Å². The summed E-state index contributed by atoms with van der Waals surface area (Å²) in [7, 11) is 0. The highest BCUT2D eigenvalue weighted by Crippen LogP contribution is 2.36. The first-order valence-electron chi connectivity index (χ1n) is 3.49. The number of thioether (sulfide) groups is 1. The lowest BCUT2D eigenvalue weighted by Gasteiger charge is -1.99. The normalized spacial score (nSPS) is 14.3. The minimum atomic E-state index is 0.605. The van der Waals surface area contributed by atoms with Crippen molar-refractivity contribution >= 4 is 11.8 Å². The second kappa shape index (κ2) is 2.75. The van der Waals surface area contributed by atoms with Crippen LogP contribution in [0.5, 0.6) is 5.75 Å². The van der Waals surface area contributed by atoms with Gasteiger partial charge in [-0.3, -0.25) is 0 Å². The van der Waals surface area contributed by atoms with Gasteiger partial charge in [-0.05, 0) is 17.7 Å². The summed E-state index contributed by atoms with van der Waals surface area (Å²) in [6.07, 6.45) is 0. The number of ether oxygens (including phenoxy) is 1. The van der Waals surface area contributed by atoms with Gasteiger partial charge in [-0.15, -0.1) is 0 Å². The third-order valence-corrected chi connectivity index (χ3v) is 2.54. The Hall–Kier alpha value is -0.670. The number of nitrogens with two attached hydrogens (primary N) is 1. The van der Waals surface area contributed by atoms with Crippen molar-refractivity contribution in [3.05, 3.63) is 23.8 Å². The number of hydrogen-bond acceptors (Lipinski definition) is 3. The molecular formula is C8H9NOS. The molecule has 0 atom stereocenters. The van der Waals surface area contributed by atoms with Crippen molar-refractivity contribution in [1.29, 1.82) is 0 Å². The highest BCUT2D eigenvalue weighted by molar-refractivity contribution is 7.99. The van der Waals surface area contributed by atoms with E-state index >= 15 is 0 Å². The summed E-state index contributed by atoms with van der Waals surface area (Å²) in [5, 5.41) is 0. The van der Waals surface area contributed by atoms with E-state index in [-0.39, 0.29) is 0 Å². The zero-order chi connectivity index (χ0) is 7.68. The highest BCUT2D eigenvalue weighted by Gasteiger charge is 2.11. The zero-order valence-corrected chi connectivity index (χ0v) is 6.86. The SMILES string of the molecule is NCc1ccc2c(c1)SCO2. The molecule has 2 nitrogen and oxygen atoms in total. The summed E-state index contributed by atoms with van der Waals surface area (Å²) in [5.74, 6) is 1.73. The molecule has 0 fully saturated rings. The van der Waals surface area contributed by atoms with Crippen LogP contribution in [0.15, 0.2) is 23.1 Å². The topological polar surface area (TPSA) is 35.2 Å². The van der Waals surface area contributed by atoms with Gasteiger partial charge < -0.3 is 10.5 Å². The van der Waals surface area contributed by atoms with E-state index in [1.807, 2.05) is 12.1 Å². The third-order valence-electron chi connectivity index (χ3n) is 1.67. The van der Waals surface area contributed by atoms with Gasteiger partial charge in [0.1, 0.15) is 11.7 Å². The van der Waals surface area contributed by atoms with Gasteiger partial charge in [-0.25, -0.2) is 0 Å². The predicted molar refractivity (Wildman–Crippen MR) is 45.7 cm³/mol. The van der Waals surface area contributed by atoms with Crippen LogP contribution in [0.4, 0.5) is 0 Å². The molecule has 1 heterocycles. The van der Waals surface area contributed by atoms with Crippen LogP contribution < -0.4 is 10.5 Å². The van der Waals surface area contributed by atoms with Crippen molar-refractivity contribution in [3.8, 4) is 5.75 Å². The minimum absolute atomic E-state index is 0.605.